The molecular weight excluding hydrogens is 552 g/mol. The molecule has 42 heavy (non-hydrogen) atoms. The van der Waals surface area contributed by atoms with E-state index in [1.54, 1.807) is 28.6 Å². The van der Waals surface area contributed by atoms with Crippen LogP contribution in [0.1, 0.15) is 43.2 Å². The number of H-pyrrole nitrogens is 1. The van der Waals surface area contributed by atoms with Crippen LogP contribution in [0.4, 0.5) is 5.69 Å². The van der Waals surface area contributed by atoms with E-state index in [0.717, 1.165) is 33.2 Å². The highest BCUT2D eigenvalue weighted by Gasteiger charge is 2.30. The Bertz CT molecular complexity index is 1680. The van der Waals surface area contributed by atoms with Gasteiger partial charge in [-0.15, -0.1) is 0 Å². The van der Waals surface area contributed by atoms with Crippen molar-refractivity contribution < 1.29 is 22.7 Å². The average Bonchev–Trinajstić information content (AvgIpc) is 3.40. The lowest BCUT2D eigenvalue weighted by atomic mass is 9.88. The number of carbonyl (C=O) groups is 2. The maximum absolute atomic E-state index is 13.1. The monoisotopic (exact) mass is 588 g/mol. The molecule has 1 fully saturated rings. The van der Waals surface area contributed by atoms with E-state index >= 15 is 0 Å². The number of para-hydroxylation sites is 2. The molecule has 1 aliphatic heterocycles. The van der Waals surface area contributed by atoms with E-state index in [0.29, 0.717) is 43.8 Å². The largest absolute Gasteiger partial charge is 0.491 e. The highest BCUT2D eigenvalue weighted by molar-refractivity contribution is 7.89. The van der Waals surface area contributed by atoms with Gasteiger partial charge in [0.05, 0.1) is 24.5 Å². The molecule has 220 valence electrons. The number of nitrogens with one attached hydrogen (secondary N) is 2. The van der Waals surface area contributed by atoms with Gasteiger partial charge in [-0.05, 0) is 71.7 Å². The molecule has 1 aliphatic rings. The predicted octanol–water partition coefficient (Wildman–Crippen LogP) is 4.80. The van der Waals surface area contributed by atoms with Gasteiger partial charge < -0.3 is 20.8 Å². The summed E-state index contributed by atoms with van der Waals surface area (Å²) < 4.78 is 33.6. The summed E-state index contributed by atoms with van der Waals surface area (Å²) in [5, 5.41) is 3.77. The highest BCUT2D eigenvalue weighted by Crippen LogP contribution is 2.37. The normalized spacial score (nSPS) is 14.6. The number of fused-ring (bicyclic) bond motifs is 1. The molecule has 4 aromatic rings. The van der Waals surface area contributed by atoms with Crippen LogP contribution in [0.5, 0.6) is 5.75 Å². The van der Waals surface area contributed by atoms with Crippen molar-refractivity contribution in [3.63, 3.8) is 0 Å². The molecule has 2 amide bonds. The van der Waals surface area contributed by atoms with Gasteiger partial charge in [-0.25, -0.2) is 12.7 Å². The Balaban J connectivity index is 1.23. The van der Waals surface area contributed by atoms with E-state index in [-0.39, 0.29) is 30.6 Å². The standard InChI is InChI=1S/C32H36N4O5S/c1-22(37)35-29-10-5-6-11-30(29)41-16-7-17-42(39,40)36-14-12-24(13-15-36)28-21-34-32-26(20-31(33)38)18-25(19-27(28)32)23-8-3-2-4-9-23/h2-6,8-11,18-19,21,24,34H,7,12-17,20H2,1H3,(H2,33,38)(H,35,37). The number of anilines is 1. The third-order valence-corrected chi connectivity index (χ3v) is 9.62. The smallest absolute Gasteiger partial charge is 0.221 e. The van der Waals surface area contributed by atoms with Crippen LogP contribution < -0.4 is 15.8 Å². The number of hydrogen-bond donors (Lipinski definition) is 3. The molecule has 0 spiro atoms. The third-order valence-electron chi connectivity index (χ3n) is 7.66. The van der Waals surface area contributed by atoms with Crippen molar-refractivity contribution in [1.29, 1.82) is 0 Å². The number of aromatic amines is 1. The molecule has 0 aliphatic carbocycles. The van der Waals surface area contributed by atoms with Crippen LogP contribution in [0.3, 0.4) is 0 Å². The maximum atomic E-state index is 13.1. The zero-order valence-corrected chi connectivity index (χ0v) is 24.5. The zero-order valence-electron chi connectivity index (χ0n) is 23.6. The van der Waals surface area contributed by atoms with Gasteiger partial charge in [-0.3, -0.25) is 9.59 Å². The van der Waals surface area contributed by atoms with E-state index in [9.17, 15) is 18.0 Å². The van der Waals surface area contributed by atoms with Gasteiger partial charge in [0.2, 0.25) is 21.8 Å². The molecule has 2 heterocycles. The molecule has 10 heteroatoms. The van der Waals surface area contributed by atoms with Crippen molar-refractivity contribution >= 4 is 38.4 Å². The van der Waals surface area contributed by atoms with Gasteiger partial charge in [-0.1, -0.05) is 42.5 Å². The summed E-state index contributed by atoms with van der Waals surface area (Å²) in [5.41, 5.74) is 11.1. The zero-order chi connectivity index (χ0) is 29.7. The van der Waals surface area contributed by atoms with Crippen LogP contribution in [0.25, 0.3) is 22.0 Å². The average molecular weight is 589 g/mol. The van der Waals surface area contributed by atoms with Gasteiger partial charge in [0.15, 0.2) is 0 Å². The Labute approximate surface area is 246 Å². The number of primary amides is 1. The first-order chi connectivity index (χ1) is 20.2. The quantitative estimate of drug-likeness (QED) is 0.216. The van der Waals surface area contributed by atoms with Gasteiger partial charge >= 0.3 is 0 Å². The van der Waals surface area contributed by atoms with Crippen molar-refractivity contribution in [3.05, 3.63) is 84.1 Å². The van der Waals surface area contributed by atoms with Crippen molar-refractivity contribution in [3.8, 4) is 16.9 Å². The van der Waals surface area contributed by atoms with Crippen molar-refractivity contribution in [2.45, 2.75) is 38.5 Å². The topological polar surface area (TPSA) is 135 Å². The van der Waals surface area contributed by atoms with Gasteiger partial charge in [0, 0.05) is 37.1 Å². The van der Waals surface area contributed by atoms with E-state index < -0.39 is 15.9 Å². The lowest BCUT2D eigenvalue weighted by Crippen LogP contribution is -2.39. The lowest BCUT2D eigenvalue weighted by molar-refractivity contribution is -0.117. The number of piperidine rings is 1. The first-order valence-corrected chi connectivity index (χ1v) is 15.8. The molecule has 1 aromatic heterocycles. The Morgan fingerprint density at radius 2 is 1.74 bits per heavy atom. The van der Waals surface area contributed by atoms with Crippen LogP contribution in [0.2, 0.25) is 0 Å². The molecule has 5 rings (SSSR count). The minimum absolute atomic E-state index is 0.00995. The van der Waals surface area contributed by atoms with Crippen molar-refractivity contribution in [2.75, 3.05) is 30.8 Å². The number of sulfonamides is 1. The summed E-state index contributed by atoms with van der Waals surface area (Å²) >= 11 is 0. The second-order valence-corrected chi connectivity index (χ2v) is 12.8. The summed E-state index contributed by atoms with van der Waals surface area (Å²) in [7, 11) is -3.44. The first kappa shape index (κ1) is 29.3. The molecule has 0 saturated carbocycles. The number of ether oxygens (including phenoxy) is 1. The van der Waals surface area contributed by atoms with Gasteiger partial charge in [0.1, 0.15) is 5.75 Å². The second-order valence-electron chi connectivity index (χ2n) is 10.7. The van der Waals surface area contributed by atoms with E-state index in [1.807, 2.05) is 42.6 Å². The Morgan fingerprint density at radius 3 is 2.45 bits per heavy atom. The second kappa shape index (κ2) is 12.8. The summed E-state index contributed by atoms with van der Waals surface area (Å²) in [6, 6.07) is 21.3. The summed E-state index contributed by atoms with van der Waals surface area (Å²) in [6.45, 7) is 2.53. The Morgan fingerprint density at radius 1 is 1.02 bits per heavy atom. The molecule has 0 radical (unpaired) electrons. The maximum Gasteiger partial charge on any atom is 0.221 e. The van der Waals surface area contributed by atoms with Crippen molar-refractivity contribution in [2.24, 2.45) is 5.73 Å². The SMILES string of the molecule is CC(=O)Nc1ccccc1OCCCS(=O)(=O)N1CCC(c2c[nH]c3c(CC(N)=O)cc(-c4ccccc4)cc23)CC1. The highest BCUT2D eigenvalue weighted by atomic mass is 32.2. The third kappa shape index (κ3) is 6.83. The van der Waals surface area contributed by atoms with E-state index in [1.165, 1.54) is 6.92 Å². The number of benzene rings is 3. The van der Waals surface area contributed by atoms with E-state index in [2.05, 4.69) is 16.4 Å². The number of nitrogens with two attached hydrogens (primary N) is 1. The van der Waals surface area contributed by atoms with Crippen LogP contribution in [0, 0.1) is 0 Å². The molecule has 0 bridgehead atoms. The molecular formula is C32H36N4O5S. The van der Waals surface area contributed by atoms with Gasteiger partial charge in [-0.2, -0.15) is 0 Å². The molecule has 4 N–H and O–H groups in total. The Kier molecular flexibility index (Phi) is 8.94. The number of aromatic nitrogens is 1. The van der Waals surface area contributed by atoms with E-state index in [4.69, 9.17) is 10.5 Å². The predicted molar refractivity (Wildman–Crippen MR) is 165 cm³/mol. The van der Waals surface area contributed by atoms with Crippen molar-refractivity contribution in [1.82, 2.24) is 9.29 Å². The molecule has 9 nitrogen and oxygen atoms in total. The fourth-order valence-corrected chi connectivity index (χ4v) is 7.18. The van der Waals surface area contributed by atoms with Crippen LogP contribution in [0.15, 0.2) is 72.9 Å². The fraction of sp³-hybridized carbons (Fsp3) is 0.312. The summed E-state index contributed by atoms with van der Waals surface area (Å²) in [4.78, 5) is 26.6. The molecule has 1 saturated heterocycles. The number of nitrogens with zero attached hydrogens (tertiary/aromatic N) is 1. The number of rotatable bonds is 11. The number of carbonyl (C=O) groups excluding carboxylic acids is 2. The van der Waals surface area contributed by atoms with Crippen LogP contribution in [-0.2, 0) is 26.0 Å². The Hall–Kier alpha value is -4.15. The van der Waals surface area contributed by atoms with Crippen LogP contribution >= 0.6 is 0 Å². The lowest BCUT2D eigenvalue weighted by Gasteiger charge is -2.31. The first-order valence-electron chi connectivity index (χ1n) is 14.2. The molecule has 0 unspecified atom stereocenters. The number of hydrogen-bond acceptors (Lipinski definition) is 5. The minimum Gasteiger partial charge on any atom is -0.491 e. The summed E-state index contributed by atoms with van der Waals surface area (Å²) in [6.07, 6.45) is 3.87. The number of amides is 2. The minimum atomic E-state index is -3.44. The van der Waals surface area contributed by atoms with Gasteiger partial charge in [0.25, 0.3) is 0 Å². The molecule has 0 atom stereocenters. The van der Waals surface area contributed by atoms with Crippen LogP contribution in [-0.4, -0.2) is 55.0 Å². The summed E-state index contributed by atoms with van der Waals surface area (Å²) in [5.74, 6) is 0.0977. The molecule has 3 aromatic carbocycles. The fourth-order valence-electron chi connectivity index (χ4n) is 5.67.